The first-order valence-corrected chi connectivity index (χ1v) is 5.59. The van der Waals surface area contributed by atoms with Crippen molar-refractivity contribution in [2.75, 3.05) is 13.7 Å². The van der Waals surface area contributed by atoms with Gasteiger partial charge < -0.3 is 10.5 Å². The summed E-state index contributed by atoms with van der Waals surface area (Å²) in [6, 6.07) is 3.15. The monoisotopic (exact) mass is 239 g/mol. The topological polar surface area (TPSA) is 52.3 Å². The Morgan fingerprint density at radius 3 is 2.71 bits per heavy atom. The van der Waals surface area contributed by atoms with Gasteiger partial charge in [-0.05, 0) is 49.1 Å². The van der Waals surface area contributed by atoms with Crippen LogP contribution in [-0.4, -0.2) is 19.6 Å². The van der Waals surface area contributed by atoms with Gasteiger partial charge >= 0.3 is 5.97 Å². The second-order valence-corrected chi connectivity index (χ2v) is 4.15. The van der Waals surface area contributed by atoms with Gasteiger partial charge in [-0.25, -0.2) is 9.18 Å². The first-order valence-electron chi connectivity index (χ1n) is 5.59. The van der Waals surface area contributed by atoms with Crippen LogP contribution >= 0.6 is 0 Å². The predicted octanol–water partition coefficient (Wildman–Crippen LogP) is 2.37. The van der Waals surface area contributed by atoms with Gasteiger partial charge in [-0.1, -0.05) is 6.92 Å². The van der Waals surface area contributed by atoms with Crippen LogP contribution in [0.25, 0.3) is 0 Å². The molecule has 0 saturated heterocycles. The lowest BCUT2D eigenvalue weighted by Gasteiger charge is -2.14. The van der Waals surface area contributed by atoms with E-state index in [1.807, 2.05) is 6.92 Å². The van der Waals surface area contributed by atoms with E-state index in [0.717, 1.165) is 12.0 Å². The molecule has 1 aromatic carbocycles. The van der Waals surface area contributed by atoms with Gasteiger partial charge in [0.25, 0.3) is 0 Å². The highest BCUT2D eigenvalue weighted by Gasteiger charge is 2.16. The number of rotatable bonds is 4. The molecule has 0 bridgehead atoms. The number of hydrogen-bond donors (Lipinski definition) is 1. The zero-order valence-electron chi connectivity index (χ0n) is 10.4. The molecule has 0 heterocycles. The van der Waals surface area contributed by atoms with Crippen LogP contribution in [0.4, 0.5) is 4.39 Å². The highest BCUT2D eigenvalue weighted by Crippen LogP contribution is 2.24. The molecule has 2 N–H and O–H groups in total. The summed E-state index contributed by atoms with van der Waals surface area (Å²) in [5.74, 6) is -0.770. The summed E-state index contributed by atoms with van der Waals surface area (Å²) >= 11 is 0. The minimum Gasteiger partial charge on any atom is -0.465 e. The molecule has 0 aliphatic heterocycles. The number of esters is 1. The van der Waals surface area contributed by atoms with Gasteiger partial charge in [-0.2, -0.15) is 0 Å². The van der Waals surface area contributed by atoms with Crippen molar-refractivity contribution in [2.24, 2.45) is 5.73 Å². The molecule has 1 aromatic rings. The lowest BCUT2D eigenvalue weighted by molar-refractivity contribution is 0.0599. The number of benzene rings is 1. The molecule has 0 aliphatic rings. The van der Waals surface area contributed by atoms with Crippen LogP contribution < -0.4 is 5.73 Å². The average molecular weight is 239 g/mol. The molecule has 0 aromatic heterocycles. The number of carbonyl (C=O) groups excluding carboxylic acids is 1. The van der Waals surface area contributed by atoms with Gasteiger partial charge in [0.15, 0.2) is 0 Å². The molecular weight excluding hydrogens is 221 g/mol. The van der Waals surface area contributed by atoms with Crippen LogP contribution in [-0.2, 0) is 4.74 Å². The van der Waals surface area contributed by atoms with Crippen LogP contribution in [0.5, 0.6) is 0 Å². The Kier molecular flexibility index (Phi) is 4.63. The Hall–Kier alpha value is -1.42. The third kappa shape index (κ3) is 3.03. The zero-order chi connectivity index (χ0) is 13.0. The Balaban J connectivity index is 3.18. The molecule has 1 rings (SSSR count). The van der Waals surface area contributed by atoms with E-state index in [-0.39, 0.29) is 17.3 Å². The fourth-order valence-corrected chi connectivity index (χ4v) is 1.72. The summed E-state index contributed by atoms with van der Waals surface area (Å²) in [7, 11) is 1.29. The van der Waals surface area contributed by atoms with Crippen molar-refractivity contribution in [3.05, 3.63) is 34.6 Å². The van der Waals surface area contributed by atoms with Crippen molar-refractivity contribution in [3.63, 3.8) is 0 Å². The van der Waals surface area contributed by atoms with E-state index in [9.17, 15) is 9.18 Å². The standard InChI is InChI=1S/C13H18FNO2/c1-8(4-5-15)10-6-11(13(16)17-3)9(2)12(14)7-10/h6-8H,4-5,15H2,1-3H3. The molecule has 0 aliphatic carbocycles. The van der Waals surface area contributed by atoms with Crippen molar-refractivity contribution >= 4 is 5.97 Å². The Labute approximate surface area is 101 Å². The van der Waals surface area contributed by atoms with Crippen molar-refractivity contribution < 1.29 is 13.9 Å². The normalized spacial score (nSPS) is 12.3. The van der Waals surface area contributed by atoms with Gasteiger partial charge in [0, 0.05) is 0 Å². The summed E-state index contributed by atoms with van der Waals surface area (Å²) in [6.07, 6.45) is 0.753. The molecule has 0 fully saturated rings. The molecule has 0 saturated carbocycles. The van der Waals surface area contributed by atoms with Gasteiger partial charge in [-0.15, -0.1) is 0 Å². The lowest BCUT2D eigenvalue weighted by atomic mass is 9.94. The van der Waals surface area contributed by atoms with Crippen LogP contribution in [0.3, 0.4) is 0 Å². The Bertz CT molecular complexity index is 418. The molecule has 1 atom stereocenters. The van der Waals surface area contributed by atoms with E-state index in [1.165, 1.54) is 13.2 Å². The van der Waals surface area contributed by atoms with E-state index in [4.69, 9.17) is 5.73 Å². The average Bonchev–Trinajstić information content (AvgIpc) is 2.31. The van der Waals surface area contributed by atoms with Gasteiger partial charge in [0.05, 0.1) is 12.7 Å². The summed E-state index contributed by atoms with van der Waals surface area (Å²) in [5.41, 5.74) is 6.85. The fraction of sp³-hybridized carbons (Fsp3) is 0.462. The third-order valence-corrected chi connectivity index (χ3v) is 2.94. The number of carbonyl (C=O) groups is 1. The molecule has 17 heavy (non-hydrogen) atoms. The SMILES string of the molecule is COC(=O)c1cc(C(C)CCN)cc(F)c1C. The van der Waals surface area contributed by atoms with Crippen molar-refractivity contribution in [1.29, 1.82) is 0 Å². The van der Waals surface area contributed by atoms with Crippen molar-refractivity contribution in [2.45, 2.75) is 26.2 Å². The Morgan fingerprint density at radius 1 is 1.53 bits per heavy atom. The van der Waals surface area contributed by atoms with E-state index < -0.39 is 5.97 Å². The maximum atomic E-state index is 13.7. The van der Waals surface area contributed by atoms with Crippen molar-refractivity contribution in [3.8, 4) is 0 Å². The minimum absolute atomic E-state index is 0.124. The molecule has 0 amide bonds. The molecular formula is C13H18FNO2. The van der Waals surface area contributed by atoms with E-state index >= 15 is 0 Å². The van der Waals surface area contributed by atoms with Crippen LogP contribution in [0.2, 0.25) is 0 Å². The highest BCUT2D eigenvalue weighted by atomic mass is 19.1. The number of hydrogen-bond acceptors (Lipinski definition) is 3. The highest BCUT2D eigenvalue weighted by molar-refractivity contribution is 5.91. The number of methoxy groups -OCH3 is 1. The summed E-state index contributed by atoms with van der Waals surface area (Å²) in [6.45, 7) is 4.06. The molecule has 4 heteroatoms. The molecule has 94 valence electrons. The minimum atomic E-state index is -0.511. The van der Waals surface area contributed by atoms with Gasteiger partial charge in [-0.3, -0.25) is 0 Å². The summed E-state index contributed by atoms with van der Waals surface area (Å²) in [5, 5.41) is 0. The van der Waals surface area contributed by atoms with Crippen LogP contribution in [0, 0.1) is 12.7 Å². The second-order valence-electron chi connectivity index (χ2n) is 4.15. The van der Waals surface area contributed by atoms with Crippen LogP contribution in [0.1, 0.15) is 40.7 Å². The van der Waals surface area contributed by atoms with E-state index in [1.54, 1.807) is 13.0 Å². The second kappa shape index (κ2) is 5.77. The zero-order valence-corrected chi connectivity index (χ0v) is 10.4. The molecule has 0 spiro atoms. The molecule has 3 nitrogen and oxygen atoms in total. The Morgan fingerprint density at radius 2 is 2.18 bits per heavy atom. The summed E-state index contributed by atoms with van der Waals surface area (Å²) < 4.78 is 18.3. The predicted molar refractivity (Wildman–Crippen MR) is 64.6 cm³/mol. The first kappa shape index (κ1) is 13.6. The largest absolute Gasteiger partial charge is 0.465 e. The van der Waals surface area contributed by atoms with E-state index in [0.29, 0.717) is 12.1 Å². The fourth-order valence-electron chi connectivity index (χ4n) is 1.72. The smallest absolute Gasteiger partial charge is 0.338 e. The van der Waals surface area contributed by atoms with Crippen LogP contribution in [0.15, 0.2) is 12.1 Å². The maximum Gasteiger partial charge on any atom is 0.338 e. The first-order chi connectivity index (χ1) is 8.01. The number of ether oxygens (including phenoxy) is 1. The maximum absolute atomic E-state index is 13.7. The number of nitrogens with two attached hydrogens (primary N) is 1. The summed E-state index contributed by atoms with van der Waals surface area (Å²) in [4.78, 5) is 11.5. The van der Waals surface area contributed by atoms with Crippen molar-refractivity contribution in [1.82, 2.24) is 0 Å². The van der Waals surface area contributed by atoms with E-state index in [2.05, 4.69) is 4.74 Å². The third-order valence-electron chi connectivity index (χ3n) is 2.94. The number of halogens is 1. The quantitative estimate of drug-likeness (QED) is 0.821. The van der Waals surface area contributed by atoms with Gasteiger partial charge in [0.1, 0.15) is 5.82 Å². The molecule has 1 unspecified atom stereocenters. The molecule has 0 radical (unpaired) electrons. The lowest BCUT2D eigenvalue weighted by Crippen LogP contribution is -2.09. The van der Waals surface area contributed by atoms with Gasteiger partial charge in [0.2, 0.25) is 0 Å².